The van der Waals surface area contributed by atoms with Crippen molar-refractivity contribution in [2.24, 2.45) is 0 Å². The lowest BCUT2D eigenvalue weighted by molar-refractivity contribution is -0.870. The van der Waals surface area contributed by atoms with Gasteiger partial charge in [0.2, 0.25) is 0 Å². The van der Waals surface area contributed by atoms with E-state index < -0.39 is 0 Å². The van der Waals surface area contributed by atoms with Crippen LogP contribution in [0.2, 0.25) is 0 Å². The highest BCUT2D eigenvalue weighted by atomic mass is 15.4. The van der Waals surface area contributed by atoms with Gasteiger partial charge >= 0.3 is 0 Å². The molecule has 0 spiro atoms. The Morgan fingerprint density at radius 1 is 1.27 bits per heavy atom. The molecule has 0 amide bonds. The van der Waals surface area contributed by atoms with Crippen molar-refractivity contribution in [3.8, 4) is 0 Å². The van der Waals surface area contributed by atoms with Gasteiger partial charge in [-0.2, -0.15) is 0 Å². The van der Waals surface area contributed by atoms with E-state index in [-0.39, 0.29) is 5.54 Å². The average Bonchev–Trinajstić information content (AvgIpc) is 2.45. The number of likely N-dealkylation sites (N-methyl/N-ethyl adjacent to an activating group) is 1. The summed E-state index contributed by atoms with van der Waals surface area (Å²) in [7, 11) is 6.57. The van der Waals surface area contributed by atoms with Crippen LogP contribution in [-0.2, 0) is 12.0 Å². The van der Waals surface area contributed by atoms with Gasteiger partial charge in [-0.25, -0.2) is 4.68 Å². The quantitative estimate of drug-likeness (QED) is 0.705. The van der Waals surface area contributed by atoms with Gasteiger partial charge in [0.1, 0.15) is 0 Å². The van der Waals surface area contributed by atoms with Crippen LogP contribution >= 0.6 is 0 Å². The first-order valence-electron chi connectivity index (χ1n) is 5.41. The minimum atomic E-state index is 0.0296. The second-order valence-electron chi connectivity index (χ2n) is 6.09. The molecule has 86 valence electrons. The zero-order valence-corrected chi connectivity index (χ0v) is 10.8. The molecule has 0 bridgehead atoms. The molecule has 1 aromatic heterocycles. The van der Waals surface area contributed by atoms with Crippen molar-refractivity contribution in [1.29, 1.82) is 0 Å². The van der Waals surface area contributed by atoms with Crippen molar-refractivity contribution < 1.29 is 4.48 Å². The van der Waals surface area contributed by atoms with Crippen LogP contribution in [0.1, 0.15) is 26.5 Å². The Balaban J connectivity index is 2.62. The monoisotopic (exact) mass is 211 g/mol. The molecule has 0 aliphatic heterocycles. The maximum Gasteiger partial charge on any atom is 0.0883 e. The molecule has 0 saturated carbocycles. The van der Waals surface area contributed by atoms with Crippen LogP contribution in [-0.4, -0.2) is 47.2 Å². The van der Waals surface area contributed by atoms with E-state index in [1.165, 1.54) is 0 Å². The highest BCUT2D eigenvalue weighted by Gasteiger charge is 2.16. The lowest BCUT2D eigenvalue weighted by Gasteiger charge is -2.23. The Labute approximate surface area is 92.5 Å². The molecular formula is C11H23N4+. The summed E-state index contributed by atoms with van der Waals surface area (Å²) < 4.78 is 2.89. The number of hydrogen-bond acceptors (Lipinski definition) is 2. The summed E-state index contributed by atoms with van der Waals surface area (Å²) in [5, 5.41) is 8.34. The lowest BCUT2D eigenvalue weighted by Crippen LogP contribution is -2.36. The molecule has 15 heavy (non-hydrogen) atoms. The number of hydrogen-bond donors (Lipinski definition) is 0. The van der Waals surface area contributed by atoms with Crippen molar-refractivity contribution in [3.63, 3.8) is 0 Å². The molecule has 4 heteroatoms. The topological polar surface area (TPSA) is 30.7 Å². The highest BCUT2D eigenvalue weighted by molar-refractivity contribution is 4.94. The fraction of sp³-hybridized carbons (Fsp3) is 0.818. The van der Waals surface area contributed by atoms with Gasteiger partial charge in [-0.3, -0.25) is 0 Å². The van der Waals surface area contributed by atoms with Crippen LogP contribution in [0, 0.1) is 0 Å². The van der Waals surface area contributed by atoms with Crippen molar-refractivity contribution in [3.05, 3.63) is 11.9 Å². The summed E-state index contributed by atoms with van der Waals surface area (Å²) in [6.07, 6.45) is 3.04. The summed E-state index contributed by atoms with van der Waals surface area (Å²) in [6, 6.07) is 0. The Morgan fingerprint density at radius 2 is 1.87 bits per heavy atom. The van der Waals surface area contributed by atoms with Gasteiger partial charge in [0.15, 0.2) is 0 Å². The minimum absolute atomic E-state index is 0.0296. The molecule has 4 nitrogen and oxygen atoms in total. The maximum absolute atomic E-state index is 4.19. The van der Waals surface area contributed by atoms with E-state index in [1.54, 1.807) is 0 Å². The smallest absolute Gasteiger partial charge is 0.0883 e. The summed E-state index contributed by atoms with van der Waals surface area (Å²) in [5.74, 6) is 0. The van der Waals surface area contributed by atoms with E-state index in [1.807, 2.05) is 4.68 Å². The molecule has 0 aliphatic carbocycles. The maximum atomic E-state index is 4.19. The van der Waals surface area contributed by atoms with Gasteiger partial charge in [-0.15, -0.1) is 5.10 Å². The summed E-state index contributed by atoms with van der Waals surface area (Å²) in [4.78, 5) is 0. The molecule has 0 aliphatic rings. The van der Waals surface area contributed by atoms with Crippen molar-refractivity contribution in [2.75, 3.05) is 27.7 Å². The normalized spacial score (nSPS) is 13.2. The predicted molar refractivity (Wildman–Crippen MR) is 61.6 cm³/mol. The molecule has 0 radical (unpaired) electrons. The molecule has 1 rings (SSSR count). The largest absolute Gasteiger partial charge is 0.331 e. The highest BCUT2D eigenvalue weighted by Crippen LogP contribution is 2.12. The van der Waals surface area contributed by atoms with E-state index in [0.29, 0.717) is 0 Å². The molecule has 1 aromatic rings. The second-order valence-corrected chi connectivity index (χ2v) is 6.09. The van der Waals surface area contributed by atoms with Crippen LogP contribution in [0.15, 0.2) is 6.20 Å². The summed E-state index contributed by atoms with van der Waals surface area (Å²) in [6.45, 7) is 7.48. The van der Waals surface area contributed by atoms with Crippen LogP contribution in [0.4, 0.5) is 0 Å². The molecule has 0 atom stereocenters. The molecule has 0 unspecified atom stereocenters. The van der Waals surface area contributed by atoms with Gasteiger partial charge < -0.3 is 4.48 Å². The number of rotatable bonds is 3. The zero-order chi connectivity index (χ0) is 11.7. The van der Waals surface area contributed by atoms with E-state index in [0.717, 1.165) is 23.1 Å². The Morgan fingerprint density at radius 3 is 2.27 bits per heavy atom. The zero-order valence-electron chi connectivity index (χ0n) is 10.8. The average molecular weight is 211 g/mol. The number of quaternary nitrogens is 1. The van der Waals surface area contributed by atoms with Gasteiger partial charge in [0.25, 0.3) is 0 Å². The van der Waals surface area contributed by atoms with Crippen molar-refractivity contribution in [2.45, 2.75) is 32.7 Å². The third-order valence-corrected chi connectivity index (χ3v) is 2.27. The van der Waals surface area contributed by atoms with Crippen LogP contribution < -0.4 is 0 Å². The van der Waals surface area contributed by atoms with Crippen LogP contribution in [0.25, 0.3) is 0 Å². The van der Waals surface area contributed by atoms with Gasteiger partial charge in [0.05, 0.1) is 38.9 Å². The molecule has 1 heterocycles. The van der Waals surface area contributed by atoms with Crippen molar-refractivity contribution >= 4 is 0 Å². The first-order valence-corrected chi connectivity index (χ1v) is 5.41. The van der Waals surface area contributed by atoms with Crippen molar-refractivity contribution in [1.82, 2.24) is 15.0 Å². The Kier molecular flexibility index (Phi) is 3.19. The van der Waals surface area contributed by atoms with E-state index >= 15 is 0 Å². The standard InChI is InChI=1S/C11H23N4/c1-11(2,3)14-9-10(12-13-14)7-8-15(4,5)6/h9H,7-8H2,1-6H3/q+1. The summed E-state index contributed by atoms with van der Waals surface area (Å²) in [5.41, 5.74) is 1.11. The molecule has 0 N–H and O–H groups in total. The molecular weight excluding hydrogens is 188 g/mol. The van der Waals surface area contributed by atoms with Crippen LogP contribution in [0.5, 0.6) is 0 Å². The van der Waals surface area contributed by atoms with Gasteiger partial charge in [-0.1, -0.05) is 5.21 Å². The third kappa shape index (κ3) is 4.00. The van der Waals surface area contributed by atoms with Gasteiger partial charge in [-0.05, 0) is 20.8 Å². The van der Waals surface area contributed by atoms with Crippen LogP contribution in [0.3, 0.4) is 0 Å². The fourth-order valence-electron chi connectivity index (χ4n) is 1.19. The summed E-state index contributed by atoms with van der Waals surface area (Å²) >= 11 is 0. The number of aromatic nitrogens is 3. The minimum Gasteiger partial charge on any atom is -0.331 e. The van der Waals surface area contributed by atoms with E-state index in [9.17, 15) is 0 Å². The lowest BCUT2D eigenvalue weighted by atomic mass is 10.1. The molecule has 0 saturated heterocycles. The first kappa shape index (κ1) is 12.2. The van der Waals surface area contributed by atoms with E-state index in [2.05, 4.69) is 58.4 Å². The molecule has 0 aromatic carbocycles. The fourth-order valence-corrected chi connectivity index (χ4v) is 1.19. The first-order chi connectivity index (χ1) is 6.68. The molecule has 0 fully saturated rings. The van der Waals surface area contributed by atoms with Gasteiger partial charge in [0, 0.05) is 12.6 Å². The predicted octanol–water partition coefficient (Wildman–Crippen LogP) is 1.28. The third-order valence-electron chi connectivity index (χ3n) is 2.27. The Hall–Kier alpha value is -0.900. The Bertz CT molecular complexity index is 314. The number of nitrogens with zero attached hydrogens (tertiary/aromatic N) is 4. The second kappa shape index (κ2) is 3.93. The van der Waals surface area contributed by atoms with E-state index in [4.69, 9.17) is 0 Å². The SMILES string of the molecule is CC(C)(C)n1cc(CC[N+](C)(C)C)nn1.